The zero-order chi connectivity index (χ0) is 19.3. The number of fused-ring (bicyclic) bond motifs is 1. The lowest BCUT2D eigenvalue weighted by Gasteiger charge is -2.26. The Balaban J connectivity index is 0.00000240. The molecule has 3 nitrogen and oxygen atoms in total. The molecule has 2 aromatic carbocycles. The van der Waals surface area contributed by atoms with E-state index in [-0.39, 0.29) is 12.4 Å². The number of piperidine rings is 1. The summed E-state index contributed by atoms with van der Waals surface area (Å²) in [5.74, 6) is 2.04. The first-order chi connectivity index (χ1) is 13.7. The molecule has 3 aromatic rings. The van der Waals surface area contributed by atoms with E-state index in [0.29, 0.717) is 6.61 Å². The Hall–Kier alpha value is -1.97. The molecule has 1 aliphatic rings. The number of furan rings is 1. The van der Waals surface area contributed by atoms with Crippen molar-refractivity contribution in [2.45, 2.75) is 46.0 Å². The first-order valence-corrected chi connectivity index (χ1v) is 10.7. The SMILES string of the molecule is CCOc1ccc(Cc2oc3ccc(C)cc3c2CCN2CCCCC2)cc1.Cl. The van der Waals surface area contributed by atoms with Crippen molar-refractivity contribution in [2.24, 2.45) is 0 Å². The van der Waals surface area contributed by atoms with Crippen molar-refractivity contribution in [3.8, 4) is 5.75 Å². The van der Waals surface area contributed by atoms with Crippen molar-refractivity contribution in [1.82, 2.24) is 4.90 Å². The van der Waals surface area contributed by atoms with Crippen LogP contribution in [-0.2, 0) is 12.8 Å². The third-order valence-electron chi connectivity index (χ3n) is 5.76. The van der Waals surface area contributed by atoms with Crippen molar-refractivity contribution >= 4 is 23.4 Å². The summed E-state index contributed by atoms with van der Waals surface area (Å²) in [4.78, 5) is 2.61. The van der Waals surface area contributed by atoms with E-state index in [2.05, 4.69) is 54.3 Å². The summed E-state index contributed by atoms with van der Waals surface area (Å²) in [5.41, 5.74) is 4.96. The van der Waals surface area contributed by atoms with E-state index in [1.54, 1.807) is 0 Å². The molecule has 4 rings (SSSR count). The van der Waals surface area contributed by atoms with Crippen molar-refractivity contribution in [2.75, 3.05) is 26.2 Å². The van der Waals surface area contributed by atoms with Crippen LogP contribution in [0.2, 0.25) is 0 Å². The fraction of sp³-hybridized carbons (Fsp3) is 0.440. The lowest BCUT2D eigenvalue weighted by molar-refractivity contribution is 0.231. The maximum Gasteiger partial charge on any atom is 0.134 e. The molecule has 2 heterocycles. The minimum atomic E-state index is 0. The number of hydrogen-bond donors (Lipinski definition) is 0. The Bertz CT molecular complexity index is 910. The number of ether oxygens (including phenoxy) is 1. The normalized spacial score (nSPS) is 14.7. The summed E-state index contributed by atoms with van der Waals surface area (Å²) < 4.78 is 11.9. The molecule has 0 N–H and O–H groups in total. The molecule has 156 valence electrons. The van der Waals surface area contributed by atoms with Crippen LogP contribution in [0.4, 0.5) is 0 Å². The van der Waals surface area contributed by atoms with Crippen LogP contribution in [0, 0.1) is 6.92 Å². The van der Waals surface area contributed by atoms with Gasteiger partial charge in [0.2, 0.25) is 0 Å². The molecule has 4 heteroatoms. The second-order valence-electron chi connectivity index (χ2n) is 7.91. The van der Waals surface area contributed by atoms with E-state index in [0.717, 1.165) is 36.5 Å². The lowest BCUT2D eigenvalue weighted by atomic mass is 10.0. The number of rotatable bonds is 7. The van der Waals surface area contributed by atoms with Gasteiger partial charge < -0.3 is 14.1 Å². The van der Waals surface area contributed by atoms with Gasteiger partial charge in [0, 0.05) is 23.9 Å². The molecule has 1 aromatic heterocycles. The molecule has 0 spiro atoms. The molecule has 0 atom stereocenters. The van der Waals surface area contributed by atoms with Crippen molar-refractivity contribution in [3.63, 3.8) is 0 Å². The maximum absolute atomic E-state index is 6.33. The van der Waals surface area contributed by atoms with Gasteiger partial charge in [0.05, 0.1) is 6.61 Å². The predicted molar refractivity (Wildman–Crippen MR) is 123 cm³/mol. The van der Waals surface area contributed by atoms with Gasteiger partial charge in [0.15, 0.2) is 0 Å². The van der Waals surface area contributed by atoms with Gasteiger partial charge >= 0.3 is 0 Å². The number of halogens is 1. The summed E-state index contributed by atoms with van der Waals surface area (Å²) in [7, 11) is 0. The largest absolute Gasteiger partial charge is 0.494 e. The van der Waals surface area contributed by atoms with Gasteiger partial charge in [0.1, 0.15) is 17.1 Å². The Morgan fingerprint density at radius 2 is 1.76 bits per heavy atom. The average molecular weight is 414 g/mol. The Morgan fingerprint density at radius 3 is 2.48 bits per heavy atom. The van der Waals surface area contributed by atoms with E-state index in [4.69, 9.17) is 9.15 Å². The lowest BCUT2D eigenvalue weighted by Crippen LogP contribution is -2.31. The van der Waals surface area contributed by atoms with Gasteiger partial charge in [0.25, 0.3) is 0 Å². The molecule has 0 aliphatic carbocycles. The molecular formula is C25H32ClNO2. The fourth-order valence-electron chi connectivity index (χ4n) is 4.24. The molecule has 0 bridgehead atoms. The minimum absolute atomic E-state index is 0. The highest BCUT2D eigenvalue weighted by molar-refractivity contribution is 5.85. The first kappa shape index (κ1) is 21.7. The second-order valence-corrected chi connectivity index (χ2v) is 7.91. The molecule has 1 saturated heterocycles. The van der Waals surface area contributed by atoms with Gasteiger partial charge in [-0.05, 0) is 76.0 Å². The molecule has 0 saturated carbocycles. The average Bonchev–Trinajstić information content (AvgIpc) is 3.05. The van der Waals surface area contributed by atoms with E-state index in [1.807, 2.05) is 6.92 Å². The van der Waals surface area contributed by atoms with Crippen LogP contribution in [0.1, 0.15) is 48.6 Å². The van der Waals surface area contributed by atoms with E-state index >= 15 is 0 Å². The zero-order valence-electron chi connectivity index (χ0n) is 17.6. The summed E-state index contributed by atoms with van der Waals surface area (Å²) in [6.07, 6.45) is 5.94. The smallest absolute Gasteiger partial charge is 0.134 e. The van der Waals surface area contributed by atoms with Crippen LogP contribution in [0.25, 0.3) is 11.0 Å². The number of likely N-dealkylation sites (tertiary alicyclic amines) is 1. The third-order valence-corrected chi connectivity index (χ3v) is 5.76. The molecule has 0 amide bonds. The van der Waals surface area contributed by atoms with Crippen LogP contribution in [0.15, 0.2) is 46.9 Å². The first-order valence-electron chi connectivity index (χ1n) is 10.7. The highest BCUT2D eigenvalue weighted by Gasteiger charge is 2.17. The summed E-state index contributed by atoms with van der Waals surface area (Å²) in [5, 5.41) is 1.29. The minimum Gasteiger partial charge on any atom is -0.494 e. The fourth-order valence-corrected chi connectivity index (χ4v) is 4.24. The number of benzene rings is 2. The van der Waals surface area contributed by atoms with Gasteiger partial charge in [-0.2, -0.15) is 0 Å². The molecule has 1 aliphatic heterocycles. The zero-order valence-corrected chi connectivity index (χ0v) is 18.4. The molecule has 29 heavy (non-hydrogen) atoms. The van der Waals surface area contributed by atoms with Gasteiger partial charge in [-0.3, -0.25) is 0 Å². The van der Waals surface area contributed by atoms with Crippen LogP contribution in [0.3, 0.4) is 0 Å². The maximum atomic E-state index is 6.33. The Kier molecular flexibility index (Phi) is 7.63. The number of hydrogen-bond acceptors (Lipinski definition) is 3. The highest BCUT2D eigenvalue weighted by atomic mass is 35.5. The molecular weight excluding hydrogens is 382 g/mol. The second kappa shape index (κ2) is 10.2. The topological polar surface area (TPSA) is 25.6 Å². The number of nitrogens with zero attached hydrogens (tertiary/aromatic N) is 1. The molecule has 1 fully saturated rings. The standard InChI is InChI=1S/C25H31NO2.ClH/c1-3-27-21-10-8-20(9-11-21)18-25-22(13-16-26-14-5-4-6-15-26)23-17-19(2)7-12-24(23)28-25;/h7-12,17H,3-6,13-16,18H2,1-2H3;1H. The molecule has 0 radical (unpaired) electrons. The van der Waals surface area contributed by atoms with Crippen molar-refractivity contribution < 1.29 is 9.15 Å². The van der Waals surface area contributed by atoms with Crippen LogP contribution in [-0.4, -0.2) is 31.1 Å². The predicted octanol–water partition coefficient (Wildman–Crippen LogP) is 6.18. The molecule has 0 unspecified atom stereocenters. The van der Waals surface area contributed by atoms with Gasteiger partial charge in [-0.25, -0.2) is 0 Å². The summed E-state index contributed by atoms with van der Waals surface area (Å²) in [6, 6.07) is 15.0. The Morgan fingerprint density at radius 1 is 1.00 bits per heavy atom. The van der Waals surface area contributed by atoms with E-state index < -0.39 is 0 Å². The van der Waals surface area contributed by atoms with Crippen LogP contribution >= 0.6 is 12.4 Å². The Labute approximate surface area is 180 Å². The third kappa shape index (κ3) is 5.34. The highest BCUT2D eigenvalue weighted by Crippen LogP contribution is 2.30. The monoisotopic (exact) mass is 413 g/mol. The summed E-state index contributed by atoms with van der Waals surface area (Å²) in [6.45, 7) is 8.47. The van der Waals surface area contributed by atoms with Gasteiger partial charge in [-0.1, -0.05) is 30.2 Å². The van der Waals surface area contributed by atoms with Crippen LogP contribution in [0.5, 0.6) is 5.75 Å². The van der Waals surface area contributed by atoms with Gasteiger partial charge in [-0.15, -0.1) is 12.4 Å². The quantitative estimate of drug-likeness (QED) is 0.462. The van der Waals surface area contributed by atoms with E-state index in [9.17, 15) is 0 Å². The number of aryl methyl sites for hydroxylation is 1. The van der Waals surface area contributed by atoms with Crippen LogP contribution < -0.4 is 4.74 Å². The van der Waals surface area contributed by atoms with E-state index in [1.165, 1.54) is 54.4 Å². The van der Waals surface area contributed by atoms with Crippen molar-refractivity contribution in [1.29, 1.82) is 0 Å². The summed E-state index contributed by atoms with van der Waals surface area (Å²) >= 11 is 0. The van der Waals surface area contributed by atoms with Crippen molar-refractivity contribution in [3.05, 3.63) is 64.9 Å².